The molecule has 10 nitrogen and oxygen atoms in total. The topological polar surface area (TPSA) is 109 Å². The van der Waals surface area contributed by atoms with Crippen LogP contribution in [0.2, 0.25) is 0 Å². The van der Waals surface area contributed by atoms with E-state index in [4.69, 9.17) is 0 Å². The summed E-state index contributed by atoms with van der Waals surface area (Å²) < 4.78 is 40.2. The van der Waals surface area contributed by atoms with Crippen LogP contribution in [0.15, 0.2) is 23.7 Å². The largest absolute Gasteiger partial charge is 0.453 e. The number of rotatable bonds is 4. The molecule has 180 valence electrons. The minimum Gasteiger partial charge on any atom is -0.355 e. The Bertz CT molecular complexity index is 1190. The molecule has 14 heteroatoms. The van der Waals surface area contributed by atoms with Crippen LogP contribution in [0.3, 0.4) is 0 Å². The van der Waals surface area contributed by atoms with Gasteiger partial charge in [0.25, 0.3) is 5.82 Å². The van der Waals surface area contributed by atoms with Crippen LogP contribution in [0.1, 0.15) is 31.5 Å². The second-order valence-corrected chi connectivity index (χ2v) is 9.15. The number of piperidine rings is 1. The zero-order valence-electron chi connectivity index (χ0n) is 17.9. The fourth-order valence-electron chi connectivity index (χ4n) is 4.49. The van der Waals surface area contributed by atoms with E-state index in [0.29, 0.717) is 54.4 Å². The Morgan fingerprint density at radius 2 is 1.88 bits per heavy atom. The van der Waals surface area contributed by atoms with Gasteiger partial charge in [-0.3, -0.25) is 9.59 Å². The molecule has 0 saturated carbocycles. The number of hydrogen-bond donors (Lipinski definition) is 1. The second kappa shape index (κ2) is 8.81. The number of carbonyl (C=O) groups excluding carboxylic acids is 2. The van der Waals surface area contributed by atoms with Gasteiger partial charge in [-0.25, -0.2) is 4.98 Å². The lowest BCUT2D eigenvalue weighted by molar-refractivity contribution is -0.146. The normalized spacial score (nSPS) is 19.7. The van der Waals surface area contributed by atoms with Gasteiger partial charge in [0.2, 0.25) is 11.8 Å². The molecule has 2 aliphatic rings. The third-order valence-electron chi connectivity index (χ3n) is 6.17. The van der Waals surface area contributed by atoms with E-state index in [0.717, 1.165) is 6.42 Å². The van der Waals surface area contributed by atoms with Crippen LogP contribution < -0.4 is 10.2 Å². The quantitative estimate of drug-likeness (QED) is 0.594. The zero-order chi connectivity index (χ0) is 23.9. The first-order chi connectivity index (χ1) is 16.3. The molecule has 5 rings (SSSR count). The Labute approximate surface area is 195 Å². The van der Waals surface area contributed by atoms with Gasteiger partial charge in [-0.15, -0.1) is 26.6 Å². The maximum Gasteiger partial charge on any atom is 0.453 e. The van der Waals surface area contributed by atoms with Crippen LogP contribution in [0, 0.1) is 5.92 Å². The molecule has 2 aliphatic heterocycles. The van der Waals surface area contributed by atoms with Crippen molar-refractivity contribution in [1.29, 1.82) is 0 Å². The molecule has 5 heterocycles. The van der Waals surface area contributed by atoms with Gasteiger partial charge in [-0.1, -0.05) is 0 Å². The number of fused-ring (bicyclic) bond motifs is 1. The van der Waals surface area contributed by atoms with Gasteiger partial charge < -0.3 is 15.1 Å². The van der Waals surface area contributed by atoms with Crippen LogP contribution in [-0.2, 0) is 15.8 Å². The van der Waals surface area contributed by atoms with E-state index in [1.807, 2.05) is 4.90 Å². The van der Waals surface area contributed by atoms with Crippen molar-refractivity contribution in [3.63, 3.8) is 0 Å². The molecule has 0 spiro atoms. The highest BCUT2D eigenvalue weighted by molar-refractivity contribution is 7.13. The first-order valence-electron chi connectivity index (χ1n) is 10.9. The van der Waals surface area contributed by atoms with Crippen molar-refractivity contribution < 1.29 is 22.8 Å². The van der Waals surface area contributed by atoms with Gasteiger partial charge >= 0.3 is 6.18 Å². The third kappa shape index (κ3) is 4.29. The lowest BCUT2D eigenvalue weighted by Gasteiger charge is -2.35. The van der Waals surface area contributed by atoms with Crippen molar-refractivity contribution in [3.05, 3.63) is 29.5 Å². The standard InChI is InChI=1S/C20H21F3N8O2S/c21-20(22,23)18-27-26-14-3-4-15(28-31(14)18)29-9-5-12(6-10-29)17(33)30-8-1-2-13(30)16(32)25-19-24-7-11-34-19/h3-4,7,11-13H,1-2,5-6,8-10H2,(H,24,25,32). The average molecular weight is 495 g/mol. The third-order valence-corrected chi connectivity index (χ3v) is 6.86. The van der Waals surface area contributed by atoms with Crippen molar-refractivity contribution in [2.24, 2.45) is 5.92 Å². The summed E-state index contributed by atoms with van der Waals surface area (Å²) in [5, 5.41) is 15.8. The molecule has 0 aromatic carbocycles. The highest BCUT2D eigenvalue weighted by Crippen LogP contribution is 2.30. The van der Waals surface area contributed by atoms with E-state index >= 15 is 0 Å². The van der Waals surface area contributed by atoms with E-state index in [2.05, 4.69) is 25.6 Å². The SMILES string of the molecule is O=C(Nc1nccs1)C1CCCN1C(=O)C1CCN(c2ccc3nnc(C(F)(F)F)n3n2)CC1. The van der Waals surface area contributed by atoms with Gasteiger partial charge in [0.1, 0.15) is 11.9 Å². The van der Waals surface area contributed by atoms with Crippen molar-refractivity contribution >= 4 is 39.7 Å². The molecule has 1 unspecified atom stereocenters. The fourth-order valence-corrected chi connectivity index (χ4v) is 5.02. The van der Waals surface area contributed by atoms with Crippen molar-refractivity contribution in [1.82, 2.24) is 29.7 Å². The summed E-state index contributed by atoms with van der Waals surface area (Å²) in [5.41, 5.74) is 0.0113. The van der Waals surface area contributed by atoms with Crippen molar-refractivity contribution in [3.8, 4) is 0 Å². The zero-order valence-corrected chi connectivity index (χ0v) is 18.7. The number of nitrogens with zero attached hydrogens (tertiary/aromatic N) is 7. The molecule has 2 amide bonds. The summed E-state index contributed by atoms with van der Waals surface area (Å²) in [4.78, 5) is 33.5. The number of thiazole rings is 1. The fraction of sp³-hybridized carbons (Fsp3) is 0.500. The predicted molar refractivity (Wildman–Crippen MR) is 116 cm³/mol. The number of aromatic nitrogens is 5. The minimum atomic E-state index is -4.66. The number of likely N-dealkylation sites (tertiary alicyclic amines) is 1. The van der Waals surface area contributed by atoms with E-state index in [-0.39, 0.29) is 23.4 Å². The van der Waals surface area contributed by atoms with E-state index < -0.39 is 18.0 Å². The molecule has 1 atom stereocenters. The number of halogens is 3. The van der Waals surface area contributed by atoms with Crippen molar-refractivity contribution in [2.45, 2.75) is 37.9 Å². The summed E-state index contributed by atoms with van der Waals surface area (Å²) in [6.07, 6.45) is -0.667. The molecule has 0 aliphatic carbocycles. The second-order valence-electron chi connectivity index (χ2n) is 8.26. The van der Waals surface area contributed by atoms with Gasteiger partial charge in [-0.2, -0.15) is 17.7 Å². The minimum absolute atomic E-state index is 0.0113. The highest BCUT2D eigenvalue weighted by Gasteiger charge is 2.39. The van der Waals surface area contributed by atoms with Crippen LogP contribution in [0.25, 0.3) is 5.65 Å². The predicted octanol–water partition coefficient (Wildman–Crippen LogP) is 2.45. The van der Waals surface area contributed by atoms with Crippen LogP contribution in [0.4, 0.5) is 24.1 Å². The Kier molecular flexibility index (Phi) is 5.83. The molecule has 34 heavy (non-hydrogen) atoms. The number of nitrogens with one attached hydrogen (secondary N) is 1. The van der Waals surface area contributed by atoms with Crippen molar-refractivity contribution in [2.75, 3.05) is 29.9 Å². The molecule has 3 aromatic rings. The van der Waals surface area contributed by atoms with Gasteiger partial charge in [0, 0.05) is 37.1 Å². The molecule has 0 radical (unpaired) electrons. The smallest absolute Gasteiger partial charge is 0.355 e. The summed E-state index contributed by atoms with van der Waals surface area (Å²) >= 11 is 1.32. The highest BCUT2D eigenvalue weighted by atomic mass is 32.1. The number of carbonyl (C=O) groups is 2. The first kappa shape index (κ1) is 22.5. The number of alkyl halides is 3. The Balaban J connectivity index is 1.23. The molecule has 2 saturated heterocycles. The number of amides is 2. The van der Waals surface area contributed by atoms with Crippen LogP contribution in [-0.4, -0.2) is 67.2 Å². The monoisotopic (exact) mass is 494 g/mol. The van der Waals surface area contributed by atoms with E-state index in [9.17, 15) is 22.8 Å². The van der Waals surface area contributed by atoms with Crippen LogP contribution in [0.5, 0.6) is 0 Å². The molecule has 3 aromatic heterocycles. The Morgan fingerprint density at radius 3 is 2.59 bits per heavy atom. The summed E-state index contributed by atoms with van der Waals surface area (Å²) in [6.45, 7) is 1.45. The maximum absolute atomic E-state index is 13.2. The lowest BCUT2D eigenvalue weighted by Crippen LogP contribution is -2.48. The average Bonchev–Trinajstić information content (AvgIpc) is 3.58. The van der Waals surface area contributed by atoms with Gasteiger partial charge in [0.05, 0.1) is 0 Å². The Morgan fingerprint density at radius 1 is 1.09 bits per heavy atom. The summed E-state index contributed by atoms with van der Waals surface area (Å²) in [7, 11) is 0. The van der Waals surface area contributed by atoms with E-state index in [1.54, 1.807) is 22.5 Å². The molecule has 2 fully saturated rings. The lowest BCUT2D eigenvalue weighted by atomic mass is 9.95. The number of anilines is 2. The maximum atomic E-state index is 13.2. The molecular formula is C20H21F3N8O2S. The number of hydrogen-bond acceptors (Lipinski definition) is 8. The van der Waals surface area contributed by atoms with Gasteiger partial charge in [0.15, 0.2) is 10.8 Å². The molecular weight excluding hydrogens is 473 g/mol. The molecule has 1 N–H and O–H groups in total. The summed E-state index contributed by atoms with van der Waals surface area (Å²) in [6, 6.07) is 2.52. The van der Waals surface area contributed by atoms with Gasteiger partial charge in [-0.05, 0) is 37.8 Å². The Hall–Kier alpha value is -3.29. The molecule has 0 bridgehead atoms. The van der Waals surface area contributed by atoms with Crippen LogP contribution >= 0.6 is 11.3 Å². The summed E-state index contributed by atoms with van der Waals surface area (Å²) in [5.74, 6) is -1.35. The van der Waals surface area contributed by atoms with E-state index in [1.165, 1.54) is 17.4 Å². The first-order valence-corrected chi connectivity index (χ1v) is 11.7.